The van der Waals surface area contributed by atoms with Crippen LogP contribution in [0.5, 0.6) is 0 Å². The summed E-state index contributed by atoms with van der Waals surface area (Å²) in [6.45, 7) is 5.44. The van der Waals surface area contributed by atoms with Gasteiger partial charge >= 0.3 is 0 Å². The molecule has 29 heavy (non-hydrogen) atoms. The Hall–Kier alpha value is -3.38. The van der Waals surface area contributed by atoms with E-state index >= 15 is 0 Å². The largest absolute Gasteiger partial charge is 0.368 e. The summed E-state index contributed by atoms with van der Waals surface area (Å²) < 4.78 is 2.06. The summed E-state index contributed by atoms with van der Waals surface area (Å²) >= 11 is 0. The highest BCUT2D eigenvalue weighted by Crippen LogP contribution is 2.33. The van der Waals surface area contributed by atoms with Gasteiger partial charge in [0.1, 0.15) is 17.5 Å². The summed E-state index contributed by atoms with van der Waals surface area (Å²) in [4.78, 5) is 15.5. The predicted octanol–water partition coefficient (Wildman–Crippen LogP) is 1.84. The van der Waals surface area contributed by atoms with E-state index < -0.39 is 0 Å². The minimum Gasteiger partial charge on any atom is -0.368 e. The molecule has 0 radical (unpaired) electrons. The van der Waals surface area contributed by atoms with Gasteiger partial charge in [-0.1, -0.05) is 0 Å². The van der Waals surface area contributed by atoms with Crippen LogP contribution in [0, 0.1) is 18.3 Å². The first-order valence-electron chi connectivity index (χ1n) is 9.64. The number of fused-ring (bicyclic) bond motifs is 1. The molecule has 1 saturated heterocycles. The minimum atomic E-state index is -0.202. The number of nitrogens with one attached hydrogen (secondary N) is 1. The van der Waals surface area contributed by atoms with Gasteiger partial charge in [0, 0.05) is 32.4 Å². The van der Waals surface area contributed by atoms with Gasteiger partial charge in [-0.3, -0.25) is 0 Å². The number of nitriles is 1. The molecule has 0 aliphatic carbocycles. The van der Waals surface area contributed by atoms with E-state index in [4.69, 9.17) is 16.5 Å². The van der Waals surface area contributed by atoms with Gasteiger partial charge in [0.05, 0.1) is 34.2 Å². The molecule has 0 bridgehead atoms. The molecule has 3 aromatic heterocycles. The molecule has 9 heteroatoms. The topological polar surface area (TPSA) is 135 Å². The molecule has 9 nitrogen and oxygen atoms in total. The molecule has 4 heterocycles. The quantitative estimate of drug-likeness (QED) is 0.613. The van der Waals surface area contributed by atoms with Crippen molar-refractivity contribution >= 4 is 28.5 Å². The number of nitrogens with zero attached hydrogens (tertiary/aromatic N) is 6. The fraction of sp³-hybridized carbons (Fsp3) is 0.400. The highest BCUT2D eigenvalue weighted by molar-refractivity contribution is 5.81. The normalized spacial score (nSPS) is 17.5. The molecule has 0 aromatic carbocycles. The maximum Gasteiger partial charge on any atom is 0.222 e. The molecule has 0 spiro atoms. The van der Waals surface area contributed by atoms with Crippen molar-refractivity contribution < 1.29 is 0 Å². The fourth-order valence-electron chi connectivity index (χ4n) is 3.87. The SMILES string of the molecule is Cc1nc(N)nc(NC(C)c2nc3ccn(C)c3cc2N2CCC(N)C2)c1C#N. The molecular formula is C20H25N9. The van der Waals surface area contributed by atoms with Crippen molar-refractivity contribution in [3.05, 3.63) is 35.3 Å². The molecule has 5 N–H and O–H groups in total. The Kier molecular flexibility index (Phi) is 4.72. The van der Waals surface area contributed by atoms with Crippen LogP contribution in [-0.2, 0) is 7.05 Å². The number of nitrogen functional groups attached to an aromatic ring is 1. The van der Waals surface area contributed by atoms with Crippen molar-refractivity contribution in [1.82, 2.24) is 19.5 Å². The highest BCUT2D eigenvalue weighted by atomic mass is 15.2. The molecule has 150 valence electrons. The third kappa shape index (κ3) is 3.43. The number of nitrogens with two attached hydrogens (primary N) is 2. The first kappa shape index (κ1) is 19.0. The van der Waals surface area contributed by atoms with Gasteiger partial charge in [-0.2, -0.15) is 10.2 Å². The first-order valence-corrected chi connectivity index (χ1v) is 9.64. The Labute approximate surface area is 169 Å². The highest BCUT2D eigenvalue weighted by Gasteiger charge is 2.26. The summed E-state index contributed by atoms with van der Waals surface area (Å²) in [6, 6.07) is 6.28. The van der Waals surface area contributed by atoms with Crippen molar-refractivity contribution in [3.8, 4) is 6.07 Å². The van der Waals surface area contributed by atoms with Crippen LogP contribution >= 0.6 is 0 Å². The van der Waals surface area contributed by atoms with E-state index in [2.05, 4.69) is 36.9 Å². The van der Waals surface area contributed by atoms with Crippen LogP contribution in [0.4, 0.5) is 17.5 Å². The Morgan fingerprint density at radius 3 is 2.83 bits per heavy atom. The van der Waals surface area contributed by atoms with E-state index in [9.17, 15) is 5.26 Å². The predicted molar refractivity (Wildman–Crippen MR) is 113 cm³/mol. The van der Waals surface area contributed by atoms with Crippen LogP contribution in [0.1, 0.15) is 36.3 Å². The number of aryl methyl sites for hydroxylation is 2. The third-order valence-electron chi connectivity index (χ3n) is 5.42. The summed E-state index contributed by atoms with van der Waals surface area (Å²) in [7, 11) is 2.01. The zero-order valence-corrected chi connectivity index (χ0v) is 16.8. The van der Waals surface area contributed by atoms with E-state index in [1.807, 2.05) is 26.2 Å². The third-order valence-corrected chi connectivity index (χ3v) is 5.42. The number of anilines is 3. The van der Waals surface area contributed by atoms with Gasteiger partial charge in [0.15, 0.2) is 0 Å². The lowest BCUT2D eigenvalue weighted by molar-refractivity contribution is 0.750. The average molecular weight is 391 g/mol. The molecule has 4 rings (SSSR count). The lowest BCUT2D eigenvalue weighted by atomic mass is 10.1. The van der Waals surface area contributed by atoms with Crippen LogP contribution in [-0.4, -0.2) is 38.7 Å². The fourth-order valence-corrected chi connectivity index (χ4v) is 3.87. The van der Waals surface area contributed by atoms with E-state index in [-0.39, 0.29) is 18.0 Å². The van der Waals surface area contributed by atoms with Crippen molar-refractivity contribution in [1.29, 1.82) is 5.26 Å². The van der Waals surface area contributed by atoms with Crippen LogP contribution in [0.2, 0.25) is 0 Å². The number of hydrogen-bond acceptors (Lipinski definition) is 8. The summed E-state index contributed by atoms with van der Waals surface area (Å²) in [6.07, 6.45) is 2.95. The Balaban J connectivity index is 1.77. The number of rotatable bonds is 4. The summed E-state index contributed by atoms with van der Waals surface area (Å²) in [5, 5.41) is 12.8. The Morgan fingerprint density at radius 1 is 1.34 bits per heavy atom. The summed E-state index contributed by atoms with van der Waals surface area (Å²) in [5.74, 6) is 0.553. The maximum atomic E-state index is 9.52. The molecule has 0 saturated carbocycles. The van der Waals surface area contributed by atoms with Gasteiger partial charge in [0.25, 0.3) is 0 Å². The second kappa shape index (κ2) is 7.22. The minimum absolute atomic E-state index is 0.133. The monoisotopic (exact) mass is 391 g/mol. The molecule has 1 aliphatic rings. The second-order valence-corrected chi connectivity index (χ2v) is 7.59. The number of hydrogen-bond donors (Lipinski definition) is 3. The molecule has 2 atom stereocenters. The van der Waals surface area contributed by atoms with Crippen molar-refractivity contribution in [2.75, 3.05) is 29.0 Å². The van der Waals surface area contributed by atoms with Crippen molar-refractivity contribution in [2.24, 2.45) is 12.8 Å². The summed E-state index contributed by atoms with van der Waals surface area (Å²) in [5.41, 5.74) is 16.8. The van der Waals surface area contributed by atoms with Gasteiger partial charge in [-0.05, 0) is 32.4 Å². The molecule has 3 aromatic rings. The standard InChI is InChI=1S/C20H25N9/c1-11-14(9-21)19(27-20(23)25-11)24-12(2)18-17(29-7-4-13(22)10-29)8-16-15(26-18)5-6-28(16)3/h5-6,8,12-13H,4,7,10,22H2,1-3H3,(H3,23,24,25,27). The molecule has 0 amide bonds. The van der Waals surface area contributed by atoms with Gasteiger partial charge < -0.3 is 26.3 Å². The van der Waals surface area contributed by atoms with Crippen LogP contribution in [0.15, 0.2) is 18.3 Å². The van der Waals surface area contributed by atoms with Gasteiger partial charge in [-0.25, -0.2) is 9.97 Å². The molecule has 2 unspecified atom stereocenters. The van der Waals surface area contributed by atoms with Crippen LogP contribution in [0.25, 0.3) is 11.0 Å². The zero-order valence-electron chi connectivity index (χ0n) is 16.8. The molecule has 1 fully saturated rings. The Bertz CT molecular complexity index is 1110. The van der Waals surface area contributed by atoms with Crippen molar-refractivity contribution in [2.45, 2.75) is 32.4 Å². The van der Waals surface area contributed by atoms with E-state index in [0.717, 1.165) is 41.9 Å². The number of aromatic nitrogens is 4. The van der Waals surface area contributed by atoms with E-state index in [1.165, 1.54) is 0 Å². The van der Waals surface area contributed by atoms with Gasteiger partial charge in [0.2, 0.25) is 5.95 Å². The van der Waals surface area contributed by atoms with E-state index in [1.54, 1.807) is 6.92 Å². The number of pyridine rings is 1. The van der Waals surface area contributed by atoms with E-state index in [0.29, 0.717) is 17.1 Å². The first-order chi connectivity index (χ1) is 13.9. The van der Waals surface area contributed by atoms with Crippen LogP contribution < -0.4 is 21.7 Å². The molecule has 1 aliphatic heterocycles. The van der Waals surface area contributed by atoms with Gasteiger partial charge in [-0.15, -0.1) is 0 Å². The smallest absolute Gasteiger partial charge is 0.222 e. The maximum absolute atomic E-state index is 9.52. The van der Waals surface area contributed by atoms with Crippen molar-refractivity contribution in [3.63, 3.8) is 0 Å². The Morgan fingerprint density at radius 2 is 2.14 bits per heavy atom. The average Bonchev–Trinajstić information content (AvgIpc) is 3.26. The lowest BCUT2D eigenvalue weighted by Crippen LogP contribution is -2.28. The molecular weight excluding hydrogens is 366 g/mol. The second-order valence-electron chi connectivity index (χ2n) is 7.59. The van der Waals surface area contributed by atoms with Crippen LogP contribution in [0.3, 0.4) is 0 Å². The lowest BCUT2D eigenvalue weighted by Gasteiger charge is -2.25. The zero-order chi connectivity index (χ0) is 20.7.